The summed E-state index contributed by atoms with van der Waals surface area (Å²) >= 11 is 2.28. The van der Waals surface area contributed by atoms with Gasteiger partial charge in [-0.15, -0.1) is 0 Å². The monoisotopic (exact) mass is 531 g/mol. The predicted molar refractivity (Wildman–Crippen MR) is 134 cm³/mol. The van der Waals surface area contributed by atoms with Crippen LogP contribution in [-0.2, 0) is 16.1 Å². The van der Waals surface area contributed by atoms with Crippen molar-refractivity contribution in [3.63, 3.8) is 0 Å². The minimum Gasteiger partial charge on any atom is -0.489 e. The second-order valence-electron chi connectivity index (χ2n) is 7.38. The number of fused-ring (bicyclic) bond motifs is 1. The van der Waals surface area contributed by atoms with Crippen molar-refractivity contribution >= 4 is 51.3 Å². The number of aliphatic imine (C=N–C) groups is 1. The molecule has 0 amide bonds. The van der Waals surface area contributed by atoms with Crippen LogP contribution >= 0.6 is 22.6 Å². The summed E-state index contributed by atoms with van der Waals surface area (Å²) in [5.74, 6) is 0.636. The number of hydrogen-bond donors (Lipinski definition) is 0. The van der Waals surface area contributed by atoms with Gasteiger partial charge in [0.2, 0.25) is 5.90 Å². The summed E-state index contributed by atoms with van der Waals surface area (Å²) in [7, 11) is 0. The molecule has 0 atom stereocenters. The Bertz CT molecular complexity index is 1360. The van der Waals surface area contributed by atoms with Crippen molar-refractivity contribution < 1.29 is 14.3 Å². The molecule has 4 aromatic carbocycles. The zero-order valence-corrected chi connectivity index (χ0v) is 19.2. The van der Waals surface area contributed by atoms with Gasteiger partial charge in [-0.2, -0.15) is 0 Å². The lowest BCUT2D eigenvalue weighted by Crippen LogP contribution is -2.05. The third-order valence-corrected chi connectivity index (χ3v) is 5.84. The number of benzene rings is 4. The first-order valence-electron chi connectivity index (χ1n) is 10.1. The van der Waals surface area contributed by atoms with E-state index in [4.69, 9.17) is 9.47 Å². The third kappa shape index (κ3) is 4.57. The Balaban J connectivity index is 1.30. The summed E-state index contributed by atoms with van der Waals surface area (Å²) in [5, 5.41) is 2.20. The molecule has 0 aliphatic carbocycles. The van der Waals surface area contributed by atoms with Crippen LogP contribution in [0, 0.1) is 3.57 Å². The van der Waals surface area contributed by atoms with Gasteiger partial charge in [-0.3, -0.25) is 0 Å². The molecule has 0 bridgehead atoms. The number of hydrogen-bond acceptors (Lipinski definition) is 4. The lowest BCUT2D eigenvalue weighted by Gasteiger charge is -2.06. The fourth-order valence-electron chi connectivity index (χ4n) is 3.42. The summed E-state index contributed by atoms with van der Waals surface area (Å²) in [4.78, 5) is 16.8. The van der Waals surface area contributed by atoms with Crippen LogP contribution < -0.4 is 4.74 Å². The maximum atomic E-state index is 12.3. The molecule has 0 fully saturated rings. The summed E-state index contributed by atoms with van der Waals surface area (Å²) in [5.41, 5.74) is 3.02. The van der Waals surface area contributed by atoms with Crippen LogP contribution in [0.15, 0.2) is 102 Å². The van der Waals surface area contributed by atoms with Crippen molar-refractivity contribution in [3.05, 3.63) is 117 Å². The zero-order chi connectivity index (χ0) is 21.9. The van der Waals surface area contributed by atoms with Gasteiger partial charge in [-0.25, -0.2) is 9.79 Å². The zero-order valence-electron chi connectivity index (χ0n) is 17.0. The number of carbonyl (C=O) groups is 1. The van der Waals surface area contributed by atoms with E-state index in [2.05, 4.69) is 51.8 Å². The van der Waals surface area contributed by atoms with E-state index in [-0.39, 0.29) is 5.70 Å². The van der Waals surface area contributed by atoms with Crippen LogP contribution in [0.25, 0.3) is 16.8 Å². The Labute approximate surface area is 199 Å². The summed E-state index contributed by atoms with van der Waals surface area (Å²) in [6.45, 7) is 0.503. The van der Waals surface area contributed by atoms with Crippen LogP contribution in [0.2, 0.25) is 0 Å². The van der Waals surface area contributed by atoms with Gasteiger partial charge < -0.3 is 9.47 Å². The lowest BCUT2D eigenvalue weighted by atomic mass is 10.1. The molecular weight excluding hydrogens is 513 g/mol. The van der Waals surface area contributed by atoms with Crippen molar-refractivity contribution in [1.82, 2.24) is 0 Å². The second-order valence-corrected chi connectivity index (χ2v) is 8.63. The maximum Gasteiger partial charge on any atom is 0.363 e. The van der Waals surface area contributed by atoms with Crippen molar-refractivity contribution in [2.75, 3.05) is 0 Å². The van der Waals surface area contributed by atoms with Crippen LogP contribution in [0.5, 0.6) is 5.75 Å². The molecule has 0 spiro atoms. The first-order chi connectivity index (χ1) is 15.6. The van der Waals surface area contributed by atoms with E-state index in [1.165, 1.54) is 3.57 Å². The van der Waals surface area contributed by atoms with Crippen LogP contribution in [0.4, 0.5) is 0 Å². The molecule has 1 heterocycles. The molecule has 156 valence electrons. The van der Waals surface area contributed by atoms with Crippen molar-refractivity contribution in [1.29, 1.82) is 0 Å². The molecule has 0 saturated carbocycles. The highest BCUT2D eigenvalue weighted by molar-refractivity contribution is 14.1. The van der Waals surface area contributed by atoms with Gasteiger partial charge in [0.1, 0.15) is 12.4 Å². The minimum absolute atomic E-state index is 0.278. The van der Waals surface area contributed by atoms with E-state index in [1.807, 2.05) is 66.7 Å². The van der Waals surface area contributed by atoms with E-state index < -0.39 is 5.97 Å². The SMILES string of the molecule is O=C1OC(c2ccc3ccccc3c2)=N/C1=C\c1ccc(OCc2ccc(I)cc2)cc1. The highest BCUT2D eigenvalue weighted by Gasteiger charge is 2.24. The number of nitrogens with zero attached hydrogens (tertiary/aromatic N) is 1. The molecule has 0 aromatic heterocycles. The number of rotatable bonds is 5. The molecule has 0 N–H and O–H groups in total. The molecule has 4 aromatic rings. The Morgan fingerprint density at radius 3 is 2.41 bits per heavy atom. The average Bonchev–Trinajstić information content (AvgIpc) is 3.19. The normalized spacial score (nSPS) is 14.5. The highest BCUT2D eigenvalue weighted by atomic mass is 127. The van der Waals surface area contributed by atoms with E-state index in [0.29, 0.717) is 12.5 Å². The molecule has 1 aliphatic heterocycles. The van der Waals surface area contributed by atoms with E-state index in [9.17, 15) is 4.79 Å². The van der Waals surface area contributed by atoms with Gasteiger partial charge >= 0.3 is 5.97 Å². The van der Waals surface area contributed by atoms with Crippen molar-refractivity contribution in [3.8, 4) is 5.75 Å². The van der Waals surface area contributed by atoms with Gasteiger partial charge in [-0.05, 0) is 87.0 Å². The topological polar surface area (TPSA) is 47.9 Å². The lowest BCUT2D eigenvalue weighted by molar-refractivity contribution is -0.129. The number of esters is 1. The fraction of sp³-hybridized carbons (Fsp3) is 0.0370. The fourth-order valence-corrected chi connectivity index (χ4v) is 3.78. The van der Waals surface area contributed by atoms with Gasteiger partial charge in [0.15, 0.2) is 5.70 Å². The third-order valence-electron chi connectivity index (χ3n) is 5.12. The van der Waals surface area contributed by atoms with Gasteiger partial charge in [-0.1, -0.05) is 54.6 Å². The van der Waals surface area contributed by atoms with Gasteiger partial charge in [0, 0.05) is 9.13 Å². The summed E-state index contributed by atoms with van der Waals surface area (Å²) in [6, 6.07) is 29.7. The Hall–Kier alpha value is -3.45. The number of carbonyl (C=O) groups excluding carboxylic acids is 1. The van der Waals surface area contributed by atoms with E-state index in [1.54, 1.807) is 6.08 Å². The molecule has 0 radical (unpaired) electrons. The summed E-state index contributed by atoms with van der Waals surface area (Å²) in [6.07, 6.45) is 1.72. The highest BCUT2D eigenvalue weighted by Crippen LogP contribution is 2.23. The molecule has 5 rings (SSSR count). The molecular formula is C27H18INO3. The molecule has 0 saturated heterocycles. The van der Waals surface area contributed by atoms with Gasteiger partial charge in [0.25, 0.3) is 0 Å². The van der Waals surface area contributed by atoms with Crippen LogP contribution in [-0.4, -0.2) is 11.9 Å². The first-order valence-corrected chi connectivity index (χ1v) is 11.2. The molecule has 4 nitrogen and oxygen atoms in total. The van der Waals surface area contributed by atoms with Crippen LogP contribution in [0.1, 0.15) is 16.7 Å². The predicted octanol–water partition coefficient (Wildman–Crippen LogP) is 6.37. The maximum absolute atomic E-state index is 12.3. The Kier molecular flexibility index (Phi) is 5.73. The minimum atomic E-state index is -0.452. The molecule has 1 aliphatic rings. The first kappa shape index (κ1) is 20.5. The number of halogens is 1. The smallest absolute Gasteiger partial charge is 0.363 e. The van der Waals surface area contributed by atoms with Crippen LogP contribution in [0.3, 0.4) is 0 Å². The summed E-state index contributed by atoms with van der Waals surface area (Å²) < 4.78 is 12.5. The molecule has 5 heteroatoms. The van der Waals surface area contributed by atoms with E-state index in [0.717, 1.165) is 33.2 Å². The van der Waals surface area contributed by atoms with E-state index >= 15 is 0 Å². The Morgan fingerprint density at radius 2 is 1.62 bits per heavy atom. The van der Waals surface area contributed by atoms with Gasteiger partial charge in [0.05, 0.1) is 0 Å². The standard InChI is InChI=1S/C27H18INO3/c28-23-11-5-19(6-12-23)17-31-24-13-7-18(8-14-24)15-25-27(30)32-26(29-25)22-10-9-20-3-1-2-4-21(20)16-22/h1-16H,17H2/b25-15-. The molecule has 32 heavy (non-hydrogen) atoms. The van der Waals surface area contributed by atoms with Crippen molar-refractivity contribution in [2.24, 2.45) is 4.99 Å². The van der Waals surface area contributed by atoms with Crippen molar-refractivity contribution in [2.45, 2.75) is 6.61 Å². The quantitative estimate of drug-likeness (QED) is 0.171. The second kappa shape index (κ2) is 8.96. The number of cyclic esters (lactones) is 1. The molecule has 0 unspecified atom stereocenters. The number of ether oxygens (including phenoxy) is 2. The Morgan fingerprint density at radius 1 is 0.875 bits per heavy atom. The average molecular weight is 531 g/mol. The largest absolute Gasteiger partial charge is 0.489 e.